The molecule has 4 nitrogen and oxygen atoms in total. The average molecular weight is 266 g/mol. The summed E-state index contributed by atoms with van der Waals surface area (Å²) in [5.41, 5.74) is 0.950. The minimum Gasteiger partial charge on any atom is -0.437 e. The summed E-state index contributed by atoms with van der Waals surface area (Å²) in [6, 6.07) is 5.42. The molecule has 0 aliphatic rings. The first kappa shape index (κ1) is 10.0. The quantitative estimate of drug-likeness (QED) is 0.784. The number of pyridine rings is 1. The number of aromatic nitrogens is 3. The summed E-state index contributed by atoms with van der Waals surface area (Å²) in [7, 11) is 0. The molecular weight excluding hydrogens is 258 g/mol. The minimum atomic E-state index is 0.488. The molecular formula is C10H8BrN3O. The monoisotopic (exact) mass is 265 g/mol. The van der Waals surface area contributed by atoms with Crippen LogP contribution < -0.4 is 4.74 Å². The summed E-state index contributed by atoms with van der Waals surface area (Å²) < 4.78 is 6.16. The topological polar surface area (TPSA) is 47.9 Å². The standard InChI is InChI=1S/C10H8BrN3O/c1-7-2-3-8(5-12-7)15-10-4-9(11)13-6-14-10/h2-6H,1H3. The summed E-state index contributed by atoms with van der Waals surface area (Å²) in [5, 5.41) is 0. The zero-order chi connectivity index (χ0) is 10.7. The molecule has 2 aromatic heterocycles. The van der Waals surface area contributed by atoms with E-state index in [9.17, 15) is 0 Å². The molecule has 76 valence electrons. The van der Waals surface area contributed by atoms with Crippen LogP contribution in [0.2, 0.25) is 0 Å². The van der Waals surface area contributed by atoms with E-state index >= 15 is 0 Å². The van der Waals surface area contributed by atoms with Crippen molar-refractivity contribution in [3.8, 4) is 11.6 Å². The lowest BCUT2D eigenvalue weighted by Crippen LogP contribution is -1.90. The highest BCUT2D eigenvalue weighted by Gasteiger charge is 1.99. The van der Waals surface area contributed by atoms with Gasteiger partial charge in [0.25, 0.3) is 0 Å². The number of nitrogens with zero attached hydrogens (tertiary/aromatic N) is 3. The van der Waals surface area contributed by atoms with E-state index in [0.717, 1.165) is 5.69 Å². The third-order valence-corrected chi connectivity index (χ3v) is 2.15. The Morgan fingerprint density at radius 1 is 1.20 bits per heavy atom. The van der Waals surface area contributed by atoms with Gasteiger partial charge in [0.1, 0.15) is 16.7 Å². The fourth-order valence-electron chi connectivity index (χ4n) is 1.01. The highest BCUT2D eigenvalue weighted by molar-refractivity contribution is 9.10. The van der Waals surface area contributed by atoms with Gasteiger partial charge in [-0.15, -0.1) is 0 Å². The molecule has 0 fully saturated rings. The van der Waals surface area contributed by atoms with E-state index in [-0.39, 0.29) is 0 Å². The maximum atomic E-state index is 5.47. The number of aryl methyl sites for hydroxylation is 1. The normalized spacial score (nSPS) is 10.0. The molecule has 0 N–H and O–H groups in total. The van der Waals surface area contributed by atoms with Gasteiger partial charge in [0.05, 0.1) is 6.20 Å². The van der Waals surface area contributed by atoms with E-state index in [0.29, 0.717) is 16.2 Å². The van der Waals surface area contributed by atoms with Crippen molar-refractivity contribution in [3.63, 3.8) is 0 Å². The summed E-state index contributed by atoms with van der Waals surface area (Å²) in [6.07, 6.45) is 3.09. The minimum absolute atomic E-state index is 0.488. The Morgan fingerprint density at radius 3 is 2.73 bits per heavy atom. The fraction of sp³-hybridized carbons (Fsp3) is 0.100. The van der Waals surface area contributed by atoms with Crippen LogP contribution in [0.25, 0.3) is 0 Å². The summed E-state index contributed by atoms with van der Waals surface area (Å²) >= 11 is 3.24. The zero-order valence-corrected chi connectivity index (χ0v) is 9.60. The Bertz CT molecular complexity index is 458. The second kappa shape index (κ2) is 4.35. The maximum absolute atomic E-state index is 5.47. The van der Waals surface area contributed by atoms with Crippen molar-refractivity contribution < 1.29 is 4.74 Å². The molecule has 0 radical (unpaired) electrons. The predicted molar refractivity (Wildman–Crippen MR) is 58.8 cm³/mol. The van der Waals surface area contributed by atoms with Gasteiger partial charge in [-0.3, -0.25) is 4.98 Å². The SMILES string of the molecule is Cc1ccc(Oc2cc(Br)ncn2)cn1. The van der Waals surface area contributed by atoms with Gasteiger partial charge >= 0.3 is 0 Å². The third kappa shape index (κ3) is 2.73. The van der Waals surface area contributed by atoms with Crippen LogP contribution in [0.15, 0.2) is 35.3 Å². The third-order valence-electron chi connectivity index (χ3n) is 1.72. The van der Waals surface area contributed by atoms with Gasteiger partial charge < -0.3 is 4.74 Å². The van der Waals surface area contributed by atoms with Gasteiger partial charge in [0.2, 0.25) is 5.88 Å². The number of rotatable bonds is 2. The Hall–Kier alpha value is -1.49. The fourth-order valence-corrected chi connectivity index (χ4v) is 1.30. The number of halogens is 1. The van der Waals surface area contributed by atoms with E-state index in [1.165, 1.54) is 6.33 Å². The van der Waals surface area contributed by atoms with Crippen molar-refractivity contribution in [1.82, 2.24) is 15.0 Å². The number of ether oxygens (including phenoxy) is 1. The lowest BCUT2D eigenvalue weighted by atomic mass is 10.4. The van der Waals surface area contributed by atoms with Crippen LogP contribution in [-0.4, -0.2) is 15.0 Å². The van der Waals surface area contributed by atoms with Crippen molar-refractivity contribution >= 4 is 15.9 Å². The molecule has 0 saturated carbocycles. The lowest BCUT2D eigenvalue weighted by Gasteiger charge is -2.03. The molecule has 2 heterocycles. The van der Waals surface area contributed by atoms with Crippen LogP contribution in [0.5, 0.6) is 11.6 Å². The van der Waals surface area contributed by atoms with Gasteiger partial charge in [0.15, 0.2) is 0 Å². The molecule has 15 heavy (non-hydrogen) atoms. The molecule has 0 atom stereocenters. The van der Waals surface area contributed by atoms with Crippen molar-refractivity contribution in [2.45, 2.75) is 6.92 Å². The second-order valence-electron chi connectivity index (χ2n) is 2.92. The second-order valence-corrected chi connectivity index (χ2v) is 3.73. The van der Waals surface area contributed by atoms with Crippen molar-refractivity contribution in [2.24, 2.45) is 0 Å². The lowest BCUT2D eigenvalue weighted by molar-refractivity contribution is 0.458. The van der Waals surface area contributed by atoms with E-state index in [4.69, 9.17) is 4.74 Å². The summed E-state index contributed by atoms with van der Waals surface area (Å²) in [5.74, 6) is 1.15. The Morgan fingerprint density at radius 2 is 2.07 bits per heavy atom. The zero-order valence-electron chi connectivity index (χ0n) is 8.01. The first-order chi connectivity index (χ1) is 7.24. The molecule has 0 unspecified atom stereocenters. The number of hydrogen-bond acceptors (Lipinski definition) is 4. The van der Waals surface area contributed by atoms with E-state index in [1.54, 1.807) is 12.3 Å². The van der Waals surface area contributed by atoms with Gasteiger partial charge in [-0.2, -0.15) is 0 Å². The molecule has 0 aromatic carbocycles. The predicted octanol–water partition coefficient (Wildman–Crippen LogP) is 2.73. The van der Waals surface area contributed by atoms with Gasteiger partial charge in [-0.05, 0) is 35.0 Å². The summed E-state index contributed by atoms with van der Waals surface area (Å²) in [4.78, 5) is 12.0. The molecule has 0 bridgehead atoms. The summed E-state index contributed by atoms with van der Waals surface area (Å²) in [6.45, 7) is 1.92. The number of hydrogen-bond donors (Lipinski definition) is 0. The molecule has 0 saturated heterocycles. The van der Waals surface area contributed by atoms with Crippen LogP contribution in [0, 0.1) is 6.92 Å². The van der Waals surface area contributed by atoms with Crippen molar-refractivity contribution in [1.29, 1.82) is 0 Å². The smallest absolute Gasteiger partial charge is 0.223 e. The molecule has 2 aromatic rings. The molecule has 5 heteroatoms. The van der Waals surface area contributed by atoms with E-state index in [1.807, 2.05) is 19.1 Å². The van der Waals surface area contributed by atoms with Gasteiger partial charge in [-0.25, -0.2) is 9.97 Å². The first-order valence-electron chi connectivity index (χ1n) is 4.32. The van der Waals surface area contributed by atoms with Crippen LogP contribution in [0.3, 0.4) is 0 Å². The van der Waals surface area contributed by atoms with Crippen LogP contribution >= 0.6 is 15.9 Å². The van der Waals surface area contributed by atoms with Gasteiger partial charge in [0, 0.05) is 11.8 Å². The Balaban J connectivity index is 2.18. The average Bonchev–Trinajstić information content (AvgIpc) is 2.22. The highest BCUT2D eigenvalue weighted by atomic mass is 79.9. The molecule has 2 rings (SSSR count). The van der Waals surface area contributed by atoms with Crippen molar-refractivity contribution in [3.05, 3.63) is 41.0 Å². The van der Waals surface area contributed by atoms with Gasteiger partial charge in [-0.1, -0.05) is 0 Å². The van der Waals surface area contributed by atoms with Crippen LogP contribution in [0.4, 0.5) is 0 Å². The molecule has 0 aliphatic carbocycles. The Kier molecular flexibility index (Phi) is 2.91. The largest absolute Gasteiger partial charge is 0.437 e. The molecule has 0 aliphatic heterocycles. The molecule has 0 amide bonds. The maximum Gasteiger partial charge on any atom is 0.223 e. The highest BCUT2D eigenvalue weighted by Crippen LogP contribution is 2.19. The first-order valence-corrected chi connectivity index (χ1v) is 5.11. The Labute approximate surface area is 95.5 Å². The van der Waals surface area contributed by atoms with Crippen molar-refractivity contribution in [2.75, 3.05) is 0 Å². The van der Waals surface area contributed by atoms with E-state index in [2.05, 4.69) is 30.9 Å². The van der Waals surface area contributed by atoms with E-state index < -0.39 is 0 Å². The van der Waals surface area contributed by atoms with Crippen LogP contribution in [-0.2, 0) is 0 Å². The van der Waals surface area contributed by atoms with Crippen LogP contribution in [0.1, 0.15) is 5.69 Å². The molecule has 0 spiro atoms.